The maximum atomic E-state index is 13.9. The Labute approximate surface area is 405 Å². The summed E-state index contributed by atoms with van der Waals surface area (Å²) in [5.41, 5.74) is 9.85. The van der Waals surface area contributed by atoms with Crippen LogP contribution in [0, 0.1) is 18.8 Å². The topological polar surface area (TPSA) is 181 Å². The van der Waals surface area contributed by atoms with Gasteiger partial charge in [-0.15, -0.1) is 0 Å². The Morgan fingerprint density at radius 2 is 1.22 bits per heavy atom. The van der Waals surface area contributed by atoms with Gasteiger partial charge in [-0.1, -0.05) is 39.8 Å². The van der Waals surface area contributed by atoms with Crippen molar-refractivity contribution < 1.29 is 28.7 Å². The highest BCUT2D eigenvalue weighted by atomic mass is 16.5. The van der Waals surface area contributed by atoms with Crippen molar-refractivity contribution in [3.05, 3.63) is 82.9 Å². The van der Waals surface area contributed by atoms with Crippen LogP contribution in [0.5, 0.6) is 0 Å². The van der Waals surface area contributed by atoms with Crippen LogP contribution in [-0.4, -0.2) is 112 Å². The molecule has 16 nitrogen and oxygen atoms in total. The fourth-order valence-electron chi connectivity index (χ4n) is 11.5. The van der Waals surface area contributed by atoms with Crippen LogP contribution in [0.25, 0.3) is 22.1 Å². The van der Waals surface area contributed by atoms with Gasteiger partial charge >= 0.3 is 12.2 Å². The van der Waals surface area contributed by atoms with E-state index in [1.165, 1.54) is 61.5 Å². The monoisotopic (exact) mass is 943 g/mol. The van der Waals surface area contributed by atoms with Crippen molar-refractivity contribution in [3.8, 4) is 0 Å². The minimum Gasteiger partial charge on any atom is -0.453 e. The number of H-pyrrole nitrogens is 2. The summed E-state index contributed by atoms with van der Waals surface area (Å²) < 4.78 is 9.69. The summed E-state index contributed by atoms with van der Waals surface area (Å²) in [4.78, 5) is 78.4. The molecule has 368 valence electrons. The average molecular weight is 943 g/mol. The highest BCUT2D eigenvalue weighted by molar-refractivity contribution is 5.87. The molecule has 4 saturated heterocycles. The van der Waals surface area contributed by atoms with Gasteiger partial charge in [0.15, 0.2) is 0 Å². The number of ether oxygens (including phenoxy) is 2. The van der Waals surface area contributed by atoms with Crippen LogP contribution in [0.3, 0.4) is 0 Å². The van der Waals surface area contributed by atoms with Crippen molar-refractivity contribution in [2.24, 2.45) is 11.8 Å². The number of anilines is 2. The van der Waals surface area contributed by atoms with E-state index in [1.807, 2.05) is 37.5 Å². The zero-order valence-electron chi connectivity index (χ0n) is 41.3. The van der Waals surface area contributed by atoms with Gasteiger partial charge in [0.1, 0.15) is 23.7 Å². The van der Waals surface area contributed by atoms with E-state index < -0.39 is 24.3 Å². The number of piperidine rings is 1. The number of methoxy groups -OCH3 is 2. The van der Waals surface area contributed by atoms with E-state index in [9.17, 15) is 19.2 Å². The molecule has 4 aliphatic rings. The first-order valence-corrected chi connectivity index (χ1v) is 25.2. The molecule has 1 unspecified atom stereocenters. The molecule has 2 aromatic heterocycles. The lowest BCUT2D eigenvalue weighted by Crippen LogP contribution is -2.51. The molecule has 5 aromatic rings. The van der Waals surface area contributed by atoms with Crippen LogP contribution in [0.2, 0.25) is 0 Å². The van der Waals surface area contributed by atoms with Gasteiger partial charge in [-0.2, -0.15) is 0 Å². The molecule has 4 aliphatic heterocycles. The number of nitrogens with one attached hydrogen (secondary N) is 4. The summed E-state index contributed by atoms with van der Waals surface area (Å²) in [6.07, 6.45) is 8.58. The minimum atomic E-state index is -0.700. The number of carbonyl (C=O) groups excluding carboxylic acids is 4. The largest absolute Gasteiger partial charge is 0.453 e. The highest BCUT2D eigenvalue weighted by Gasteiger charge is 2.40. The van der Waals surface area contributed by atoms with Crippen LogP contribution < -0.4 is 20.4 Å². The summed E-state index contributed by atoms with van der Waals surface area (Å²) in [7, 11) is 2.62. The third kappa shape index (κ3) is 9.81. The smallest absolute Gasteiger partial charge is 0.407 e. The van der Waals surface area contributed by atoms with Gasteiger partial charge in [-0.05, 0) is 142 Å². The fraction of sp³-hybridized carbons (Fsp3) is 0.547. The zero-order chi connectivity index (χ0) is 48.5. The number of rotatable bonds is 13. The van der Waals surface area contributed by atoms with E-state index in [1.54, 1.807) is 0 Å². The molecular formula is C53H70N10O6. The standard InChI is InChI=1S/C53H70N10O6/c1-31(2)46(58-52(66)68-6)50(64)61-25-11-13-44(61)48-54-38-19-15-34(29-40(38)56-48)28-37-18-22-43(63(37)36-17-21-42(33(5)27-36)60-23-9-8-10-24-60)35-16-20-39-41(30-35)57-49(55-39)45-14-12-26-62(45)51(65)47(32(3)4)59-53(67)69-7/h15-17,19-21,27,29-32,37,43-47H,8-14,18,22-26,28H2,1-7H3,(H,54,56)(H,55,57)(H,58,66)(H,59,67)/t37?,43-,44+,45+,46+,47+/m1/s1. The Morgan fingerprint density at radius 1 is 0.652 bits per heavy atom. The summed E-state index contributed by atoms with van der Waals surface area (Å²) in [5.74, 6) is 1.05. The lowest BCUT2D eigenvalue weighted by atomic mass is 10.0. The molecule has 9 rings (SSSR count). The zero-order valence-corrected chi connectivity index (χ0v) is 41.3. The number of aromatic amines is 2. The quantitative estimate of drug-likeness (QED) is 0.0891. The molecule has 3 aromatic carbocycles. The Kier molecular flexibility index (Phi) is 14.1. The molecular weight excluding hydrogens is 873 g/mol. The SMILES string of the molecule is COC(=O)N[C@H](C(=O)N1CCC[C@H]1c1nc2ccc(CC3CC[C@H](c4ccc5nc([C@@H]6CCCN6C(=O)[C@@H](NC(=O)OC)C(C)C)[nH]c5c4)N3c3ccc(N4CCCCC4)c(C)c3)cc2[nH]1)C(C)C. The van der Waals surface area contributed by atoms with Crippen LogP contribution in [0.1, 0.15) is 132 Å². The van der Waals surface area contributed by atoms with E-state index in [0.29, 0.717) is 13.1 Å². The Morgan fingerprint density at radius 3 is 1.77 bits per heavy atom. The first-order valence-electron chi connectivity index (χ1n) is 25.2. The number of fused-ring (bicyclic) bond motifs is 2. The molecule has 0 saturated carbocycles. The maximum absolute atomic E-state index is 13.9. The van der Waals surface area contributed by atoms with Gasteiger partial charge in [0, 0.05) is 43.6 Å². The lowest BCUT2D eigenvalue weighted by Gasteiger charge is -2.35. The fourth-order valence-corrected chi connectivity index (χ4v) is 11.5. The number of imidazole rings is 2. The third-order valence-electron chi connectivity index (χ3n) is 15.1. The van der Waals surface area contributed by atoms with Gasteiger partial charge in [0.2, 0.25) is 11.8 Å². The minimum absolute atomic E-state index is 0.113. The molecule has 0 aliphatic carbocycles. The van der Waals surface area contributed by atoms with Crippen molar-refractivity contribution in [2.45, 2.75) is 135 Å². The molecule has 4 N–H and O–H groups in total. The number of hydrogen-bond donors (Lipinski definition) is 4. The Bertz CT molecular complexity index is 2670. The number of carbonyl (C=O) groups is 4. The van der Waals surface area contributed by atoms with Crippen molar-refractivity contribution in [3.63, 3.8) is 0 Å². The van der Waals surface area contributed by atoms with Crippen LogP contribution in [-0.2, 0) is 25.5 Å². The Hall–Kier alpha value is -6.32. The van der Waals surface area contributed by atoms with Crippen molar-refractivity contribution in [1.82, 2.24) is 40.4 Å². The molecule has 0 radical (unpaired) electrons. The molecule has 0 bridgehead atoms. The molecule has 69 heavy (non-hydrogen) atoms. The predicted octanol–water partition coefficient (Wildman–Crippen LogP) is 8.78. The van der Waals surface area contributed by atoms with Gasteiger partial charge in [0.25, 0.3) is 0 Å². The number of aryl methyl sites for hydroxylation is 1. The number of aromatic nitrogens is 4. The number of nitrogens with zero attached hydrogens (tertiary/aromatic N) is 6. The normalized spacial score (nSPS) is 21.7. The number of hydrogen-bond acceptors (Lipinski definition) is 10. The van der Waals surface area contributed by atoms with E-state index in [2.05, 4.69) is 91.9 Å². The van der Waals surface area contributed by atoms with E-state index >= 15 is 0 Å². The third-order valence-corrected chi connectivity index (χ3v) is 15.1. The summed E-state index contributed by atoms with van der Waals surface area (Å²) in [6.45, 7) is 13.3. The second kappa shape index (κ2) is 20.3. The second-order valence-corrected chi connectivity index (χ2v) is 20.3. The second-order valence-electron chi connectivity index (χ2n) is 20.3. The van der Waals surface area contributed by atoms with Crippen molar-refractivity contribution in [1.29, 1.82) is 0 Å². The summed E-state index contributed by atoms with van der Waals surface area (Å²) >= 11 is 0. The Balaban J connectivity index is 0.986. The van der Waals surface area contributed by atoms with E-state index in [0.717, 1.165) is 91.8 Å². The van der Waals surface area contributed by atoms with E-state index in [4.69, 9.17) is 19.4 Å². The van der Waals surface area contributed by atoms with Crippen molar-refractivity contribution >= 4 is 57.4 Å². The van der Waals surface area contributed by atoms with Crippen LogP contribution in [0.15, 0.2) is 54.6 Å². The van der Waals surface area contributed by atoms with Gasteiger partial charge in [-0.3, -0.25) is 9.59 Å². The number of amides is 4. The van der Waals surface area contributed by atoms with Crippen molar-refractivity contribution in [2.75, 3.05) is 50.2 Å². The van der Waals surface area contributed by atoms with Gasteiger partial charge in [0.05, 0.1) is 54.4 Å². The summed E-state index contributed by atoms with van der Waals surface area (Å²) in [6, 6.07) is 18.6. The molecule has 4 amide bonds. The summed E-state index contributed by atoms with van der Waals surface area (Å²) in [5, 5.41) is 5.51. The maximum Gasteiger partial charge on any atom is 0.407 e. The van der Waals surface area contributed by atoms with Crippen LogP contribution in [0.4, 0.5) is 21.0 Å². The first kappa shape index (κ1) is 47.7. The van der Waals surface area contributed by atoms with Gasteiger partial charge < -0.3 is 49.7 Å². The number of benzene rings is 3. The molecule has 4 fully saturated rings. The number of alkyl carbamates (subject to hydrolysis) is 2. The molecule has 16 heteroatoms. The molecule has 6 heterocycles. The number of likely N-dealkylation sites (tertiary alicyclic amines) is 2. The molecule has 0 spiro atoms. The first-order chi connectivity index (χ1) is 33.3. The van der Waals surface area contributed by atoms with Crippen LogP contribution >= 0.6 is 0 Å². The highest BCUT2D eigenvalue weighted by Crippen LogP contribution is 2.44. The average Bonchev–Trinajstić information content (AvgIpc) is 4.21. The predicted molar refractivity (Wildman–Crippen MR) is 267 cm³/mol. The van der Waals surface area contributed by atoms with Gasteiger partial charge in [-0.25, -0.2) is 19.6 Å². The van der Waals surface area contributed by atoms with E-state index in [-0.39, 0.29) is 47.8 Å². The molecule has 6 atom stereocenters. The lowest BCUT2D eigenvalue weighted by molar-refractivity contribution is -0.136.